The molecule has 0 aliphatic rings. The van der Waals surface area contributed by atoms with E-state index in [2.05, 4.69) is 35.6 Å². The Kier molecular flexibility index (Phi) is 4.54. The maximum atomic E-state index is 11.4. The van der Waals surface area contributed by atoms with E-state index < -0.39 is 5.97 Å². The third kappa shape index (κ3) is 3.15. The Morgan fingerprint density at radius 1 is 1.07 bits per heavy atom. The average molecular weight is 376 g/mol. The minimum Gasteiger partial charge on any atom is -0.481 e. The molecule has 0 aliphatic heterocycles. The molecule has 0 saturated heterocycles. The molecule has 4 nitrogen and oxygen atoms in total. The smallest absolute Gasteiger partial charge is 0.308 e. The monoisotopic (exact) mass is 376 g/mol. The van der Waals surface area contributed by atoms with Gasteiger partial charge in [0, 0.05) is 16.1 Å². The zero-order valence-electron chi connectivity index (χ0n) is 15.3. The fourth-order valence-corrected chi connectivity index (χ4v) is 4.58. The Labute approximate surface area is 161 Å². The first-order chi connectivity index (χ1) is 13.1. The minimum atomic E-state index is -0.827. The molecule has 136 valence electrons. The Morgan fingerprint density at radius 3 is 2.41 bits per heavy atom. The first-order valence-electron chi connectivity index (χ1n) is 8.95. The van der Waals surface area contributed by atoms with Gasteiger partial charge in [-0.15, -0.1) is 11.3 Å². The fourth-order valence-electron chi connectivity index (χ4n) is 3.41. The van der Waals surface area contributed by atoms with Crippen LogP contribution in [0.2, 0.25) is 0 Å². The normalized spacial score (nSPS) is 11.2. The molecule has 0 radical (unpaired) electrons. The molecule has 4 aromatic rings. The van der Waals surface area contributed by atoms with Crippen molar-refractivity contribution < 1.29 is 9.90 Å². The van der Waals surface area contributed by atoms with Crippen LogP contribution >= 0.6 is 11.3 Å². The van der Waals surface area contributed by atoms with E-state index in [1.165, 1.54) is 16.9 Å². The summed E-state index contributed by atoms with van der Waals surface area (Å²) in [5.41, 5.74) is 6.26. The lowest BCUT2D eigenvalue weighted by Crippen LogP contribution is -2.01. The average Bonchev–Trinajstić information content (AvgIpc) is 3.18. The van der Waals surface area contributed by atoms with Gasteiger partial charge in [-0.2, -0.15) is 0 Å². The van der Waals surface area contributed by atoms with Crippen LogP contribution in [0.25, 0.3) is 27.5 Å². The van der Waals surface area contributed by atoms with Crippen molar-refractivity contribution in [3.63, 3.8) is 0 Å². The van der Waals surface area contributed by atoms with E-state index in [9.17, 15) is 9.90 Å². The van der Waals surface area contributed by atoms with Gasteiger partial charge in [-0.1, -0.05) is 61.5 Å². The number of aryl methyl sites for hydroxylation is 2. The first kappa shape index (κ1) is 17.5. The second-order valence-electron chi connectivity index (χ2n) is 6.52. The van der Waals surface area contributed by atoms with Crippen molar-refractivity contribution in [2.45, 2.75) is 26.7 Å². The third-order valence-corrected chi connectivity index (χ3v) is 5.81. The van der Waals surface area contributed by atoms with Crippen molar-refractivity contribution in [3.05, 3.63) is 70.7 Å². The van der Waals surface area contributed by atoms with Gasteiger partial charge in [-0.25, -0.2) is 4.98 Å². The highest BCUT2D eigenvalue weighted by Gasteiger charge is 2.21. The number of carbonyl (C=O) groups is 1. The second-order valence-corrected chi connectivity index (χ2v) is 7.59. The Bertz CT molecular complexity index is 1110. The Hall–Kier alpha value is -2.92. The van der Waals surface area contributed by atoms with Gasteiger partial charge in [-0.05, 0) is 24.5 Å². The molecule has 0 amide bonds. The summed E-state index contributed by atoms with van der Waals surface area (Å²) in [7, 11) is 0. The van der Waals surface area contributed by atoms with Gasteiger partial charge in [0.15, 0.2) is 4.96 Å². The van der Waals surface area contributed by atoms with E-state index in [-0.39, 0.29) is 6.42 Å². The minimum absolute atomic E-state index is 0.000993. The predicted molar refractivity (Wildman–Crippen MR) is 109 cm³/mol. The number of aliphatic carboxylic acids is 1. The number of benzene rings is 2. The molecule has 0 bridgehead atoms. The standard InChI is InChI=1S/C22H20N2O2S/c1-3-15-9-11-17(12-10-15)21-18(13-19(25)26)27-22-23-20(14(2)24(21)22)16-7-5-4-6-8-16/h4-12H,3,13H2,1-2H3,(H,25,26). The van der Waals surface area contributed by atoms with Crippen LogP contribution < -0.4 is 0 Å². The van der Waals surface area contributed by atoms with Gasteiger partial charge in [0.2, 0.25) is 0 Å². The van der Waals surface area contributed by atoms with Crippen LogP contribution in [0.15, 0.2) is 54.6 Å². The van der Waals surface area contributed by atoms with Crippen LogP contribution in [-0.2, 0) is 17.6 Å². The number of carboxylic acids is 1. The summed E-state index contributed by atoms with van der Waals surface area (Å²) in [6.07, 6.45) is 0.975. The molecule has 0 fully saturated rings. The van der Waals surface area contributed by atoms with Gasteiger partial charge in [0.1, 0.15) is 0 Å². The van der Waals surface area contributed by atoms with Gasteiger partial charge in [0.05, 0.1) is 17.8 Å². The van der Waals surface area contributed by atoms with Crippen LogP contribution in [-0.4, -0.2) is 20.5 Å². The number of hydrogen-bond donors (Lipinski definition) is 1. The highest BCUT2D eigenvalue weighted by molar-refractivity contribution is 7.17. The van der Waals surface area contributed by atoms with Crippen LogP contribution in [0.3, 0.4) is 0 Å². The van der Waals surface area contributed by atoms with Crippen molar-refractivity contribution in [1.29, 1.82) is 0 Å². The van der Waals surface area contributed by atoms with Crippen molar-refractivity contribution in [1.82, 2.24) is 9.38 Å². The van der Waals surface area contributed by atoms with Gasteiger partial charge >= 0.3 is 5.97 Å². The van der Waals surface area contributed by atoms with Crippen molar-refractivity contribution in [2.75, 3.05) is 0 Å². The zero-order chi connectivity index (χ0) is 19.0. The van der Waals surface area contributed by atoms with Gasteiger partial charge in [-0.3, -0.25) is 9.20 Å². The molecule has 4 rings (SSSR count). The molecule has 0 unspecified atom stereocenters. The number of imidazole rings is 1. The summed E-state index contributed by atoms with van der Waals surface area (Å²) in [6, 6.07) is 18.5. The predicted octanol–water partition coefficient (Wildman–Crippen LogP) is 5.23. The quantitative estimate of drug-likeness (QED) is 0.519. The summed E-state index contributed by atoms with van der Waals surface area (Å²) >= 11 is 1.46. The van der Waals surface area contributed by atoms with Crippen LogP contribution in [0.5, 0.6) is 0 Å². The van der Waals surface area contributed by atoms with E-state index in [0.29, 0.717) is 0 Å². The van der Waals surface area contributed by atoms with Gasteiger partial charge in [0.25, 0.3) is 0 Å². The summed E-state index contributed by atoms with van der Waals surface area (Å²) in [4.78, 5) is 17.9. The number of thiazole rings is 1. The van der Waals surface area contributed by atoms with E-state index in [4.69, 9.17) is 4.98 Å². The number of carboxylic acid groups (broad SMARTS) is 1. The molecular formula is C22H20N2O2S. The van der Waals surface area contributed by atoms with Crippen LogP contribution in [0.4, 0.5) is 0 Å². The van der Waals surface area contributed by atoms with E-state index in [0.717, 1.165) is 44.5 Å². The van der Waals surface area contributed by atoms with Crippen molar-refractivity contribution in [3.8, 4) is 22.5 Å². The van der Waals surface area contributed by atoms with Gasteiger partial charge < -0.3 is 5.11 Å². The third-order valence-electron chi connectivity index (χ3n) is 4.77. The lowest BCUT2D eigenvalue weighted by Gasteiger charge is -2.07. The molecule has 27 heavy (non-hydrogen) atoms. The van der Waals surface area contributed by atoms with Crippen LogP contribution in [0.1, 0.15) is 23.1 Å². The summed E-state index contributed by atoms with van der Waals surface area (Å²) in [5.74, 6) is -0.827. The zero-order valence-corrected chi connectivity index (χ0v) is 16.1. The first-order valence-corrected chi connectivity index (χ1v) is 9.77. The van der Waals surface area contributed by atoms with Crippen molar-refractivity contribution in [2.24, 2.45) is 0 Å². The number of aromatic nitrogens is 2. The number of rotatable bonds is 5. The molecule has 0 saturated carbocycles. The largest absolute Gasteiger partial charge is 0.481 e. The van der Waals surface area contributed by atoms with Crippen molar-refractivity contribution >= 4 is 22.3 Å². The van der Waals surface area contributed by atoms with Crippen LogP contribution in [0, 0.1) is 6.92 Å². The molecule has 0 aliphatic carbocycles. The van der Waals surface area contributed by atoms with E-state index in [1.807, 2.05) is 37.3 Å². The lowest BCUT2D eigenvalue weighted by molar-refractivity contribution is -0.136. The lowest BCUT2D eigenvalue weighted by atomic mass is 10.1. The number of fused-ring (bicyclic) bond motifs is 1. The number of nitrogens with zero attached hydrogens (tertiary/aromatic N) is 2. The second kappa shape index (κ2) is 7.00. The number of hydrogen-bond acceptors (Lipinski definition) is 3. The topological polar surface area (TPSA) is 54.6 Å². The molecule has 0 atom stereocenters. The molecular weight excluding hydrogens is 356 g/mol. The molecule has 2 aromatic heterocycles. The highest BCUT2D eigenvalue weighted by atomic mass is 32.1. The maximum absolute atomic E-state index is 11.4. The van der Waals surface area contributed by atoms with E-state index >= 15 is 0 Å². The summed E-state index contributed by atoms with van der Waals surface area (Å²) < 4.78 is 2.10. The fraction of sp³-hybridized carbons (Fsp3) is 0.182. The Balaban J connectivity index is 1.95. The highest BCUT2D eigenvalue weighted by Crippen LogP contribution is 2.36. The molecule has 2 aromatic carbocycles. The molecule has 2 heterocycles. The summed E-state index contributed by atoms with van der Waals surface area (Å²) in [6.45, 7) is 4.17. The molecule has 5 heteroatoms. The SMILES string of the molecule is CCc1ccc(-c2c(CC(=O)O)sc3nc(-c4ccccc4)c(C)n23)cc1. The molecule has 0 spiro atoms. The van der Waals surface area contributed by atoms with E-state index in [1.54, 1.807) is 0 Å². The molecule has 1 N–H and O–H groups in total. The maximum Gasteiger partial charge on any atom is 0.308 e. The summed E-state index contributed by atoms with van der Waals surface area (Å²) in [5, 5.41) is 9.36. The Morgan fingerprint density at radius 2 is 1.78 bits per heavy atom.